The van der Waals surface area contributed by atoms with E-state index in [-0.39, 0.29) is 22.8 Å². The first-order valence-corrected chi connectivity index (χ1v) is 13.6. The van der Waals surface area contributed by atoms with Crippen molar-refractivity contribution in [3.63, 3.8) is 0 Å². The molecule has 4 saturated carbocycles. The highest BCUT2D eigenvalue weighted by Gasteiger charge is 2.63. The van der Waals surface area contributed by atoms with Crippen LogP contribution in [0.4, 0.5) is 0 Å². The van der Waals surface area contributed by atoms with Gasteiger partial charge in [0.05, 0.1) is 12.2 Å². The van der Waals surface area contributed by atoms with Crippen molar-refractivity contribution in [1.82, 2.24) is 4.90 Å². The van der Waals surface area contributed by atoms with E-state index in [1.807, 2.05) is 7.05 Å². The molecular weight excluding hydrogens is 386 g/mol. The minimum Gasteiger partial charge on any atom is -0.374 e. The first-order chi connectivity index (χ1) is 13.6. The van der Waals surface area contributed by atoms with Crippen molar-refractivity contribution in [2.75, 3.05) is 13.3 Å². The third-order valence-corrected chi connectivity index (χ3v) is 11.2. The molecular formula is C23H37NO4S. The van der Waals surface area contributed by atoms with Crippen molar-refractivity contribution in [2.45, 2.75) is 95.1 Å². The van der Waals surface area contributed by atoms with Crippen molar-refractivity contribution in [3.8, 4) is 0 Å². The van der Waals surface area contributed by atoms with Crippen LogP contribution < -0.4 is 0 Å². The average Bonchev–Trinajstić information content (AvgIpc) is 3.39. The Morgan fingerprint density at radius 3 is 2.31 bits per heavy atom. The minimum atomic E-state index is -3.39. The van der Waals surface area contributed by atoms with E-state index in [0.29, 0.717) is 36.4 Å². The molecule has 0 aromatic heterocycles. The Morgan fingerprint density at radius 1 is 0.966 bits per heavy atom. The van der Waals surface area contributed by atoms with Gasteiger partial charge in [-0.2, -0.15) is 0 Å². The van der Waals surface area contributed by atoms with Crippen LogP contribution in [0.3, 0.4) is 0 Å². The molecule has 1 aliphatic heterocycles. The Hall–Kier alpha value is -0.620. The Morgan fingerprint density at radius 2 is 1.66 bits per heavy atom. The number of hydrogen-bond donors (Lipinski definition) is 0. The lowest BCUT2D eigenvalue weighted by Crippen LogP contribution is -2.65. The second kappa shape index (κ2) is 6.44. The summed E-state index contributed by atoms with van der Waals surface area (Å²) in [5.41, 5.74) is 0.176. The second-order valence-corrected chi connectivity index (χ2v) is 13.6. The molecule has 1 saturated heterocycles. The number of likely N-dealkylation sites (tertiary alicyclic amines) is 1. The number of nitrogens with zero attached hydrogens (tertiary/aromatic N) is 1. The summed E-state index contributed by atoms with van der Waals surface area (Å²) in [4.78, 5) is 14.6. The smallest absolute Gasteiger partial charge is 0.240 e. The van der Waals surface area contributed by atoms with Crippen molar-refractivity contribution in [2.24, 2.45) is 28.6 Å². The lowest BCUT2D eigenvalue weighted by molar-refractivity contribution is -0.161. The van der Waals surface area contributed by atoms with E-state index in [1.54, 1.807) is 4.90 Å². The molecule has 8 atom stereocenters. The minimum absolute atomic E-state index is 0.101. The van der Waals surface area contributed by atoms with E-state index in [9.17, 15) is 13.2 Å². The molecule has 0 spiro atoms. The molecule has 5 fully saturated rings. The zero-order valence-corrected chi connectivity index (χ0v) is 19.2. The Kier molecular flexibility index (Phi) is 4.51. The highest BCUT2D eigenvalue weighted by atomic mass is 32.2. The van der Waals surface area contributed by atoms with Crippen LogP contribution in [0.5, 0.6) is 0 Å². The van der Waals surface area contributed by atoms with Crippen molar-refractivity contribution in [1.29, 1.82) is 0 Å². The molecule has 29 heavy (non-hydrogen) atoms. The molecule has 164 valence electrons. The zero-order chi connectivity index (χ0) is 20.8. The molecule has 0 aromatic rings. The van der Waals surface area contributed by atoms with Crippen LogP contribution in [0.1, 0.15) is 71.6 Å². The van der Waals surface area contributed by atoms with Gasteiger partial charge in [-0.1, -0.05) is 13.8 Å². The Labute approximate surface area is 175 Å². The summed E-state index contributed by atoms with van der Waals surface area (Å²) >= 11 is 0. The molecule has 5 rings (SSSR count). The normalized spacial score (nSPS) is 50.1. The van der Waals surface area contributed by atoms with Gasteiger partial charge >= 0.3 is 0 Å². The first-order valence-electron chi connectivity index (χ1n) is 11.7. The van der Waals surface area contributed by atoms with Gasteiger partial charge in [-0.3, -0.25) is 4.79 Å². The van der Waals surface area contributed by atoms with Gasteiger partial charge in [0.2, 0.25) is 5.91 Å². The molecule has 5 nitrogen and oxygen atoms in total. The van der Waals surface area contributed by atoms with Crippen LogP contribution in [-0.4, -0.2) is 56.0 Å². The molecule has 1 heterocycles. The summed E-state index contributed by atoms with van der Waals surface area (Å²) in [6, 6.07) is 0.179. The summed E-state index contributed by atoms with van der Waals surface area (Å²) < 4.78 is 31.3. The molecule has 4 aliphatic carbocycles. The fourth-order valence-electron chi connectivity index (χ4n) is 8.17. The number of hydrogen-bond acceptors (Lipinski definition) is 4. The van der Waals surface area contributed by atoms with E-state index in [4.69, 9.17) is 4.74 Å². The molecule has 6 heteroatoms. The quantitative estimate of drug-likeness (QED) is 0.698. The van der Waals surface area contributed by atoms with Gasteiger partial charge in [-0.15, -0.1) is 0 Å². The third kappa shape index (κ3) is 2.95. The van der Waals surface area contributed by atoms with E-state index in [1.165, 1.54) is 44.8 Å². The van der Waals surface area contributed by atoms with E-state index >= 15 is 0 Å². The molecule has 0 radical (unpaired) electrons. The SMILES string of the molecule is CN1C(=O)C(S(C)(=O)=O)C[C@@]2(C)C1CC[C@@H]1[C@H]2CC[C@]2(C)C(OC3CC3)CC[C@@H]12. The molecule has 5 aliphatic rings. The maximum Gasteiger partial charge on any atom is 0.240 e. The van der Waals surface area contributed by atoms with Crippen LogP contribution in [0.2, 0.25) is 0 Å². The molecule has 0 bridgehead atoms. The average molecular weight is 424 g/mol. The van der Waals surface area contributed by atoms with Crippen molar-refractivity contribution >= 4 is 15.7 Å². The number of carbonyl (C=O) groups excluding carboxylic acids is 1. The topological polar surface area (TPSA) is 63.7 Å². The zero-order valence-electron chi connectivity index (χ0n) is 18.4. The van der Waals surface area contributed by atoms with E-state index < -0.39 is 15.1 Å². The number of ether oxygens (including phenoxy) is 1. The number of fused-ring (bicyclic) bond motifs is 5. The largest absolute Gasteiger partial charge is 0.374 e. The molecule has 1 amide bonds. The van der Waals surface area contributed by atoms with E-state index in [0.717, 1.165) is 12.8 Å². The van der Waals surface area contributed by atoms with Gasteiger partial charge in [-0.05, 0) is 86.4 Å². The number of carbonyl (C=O) groups is 1. The van der Waals surface area contributed by atoms with Crippen LogP contribution in [0, 0.1) is 28.6 Å². The number of sulfone groups is 1. The fraction of sp³-hybridized carbons (Fsp3) is 0.957. The highest BCUT2D eigenvalue weighted by molar-refractivity contribution is 7.92. The van der Waals surface area contributed by atoms with Crippen LogP contribution in [0.15, 0.2) is 0 Å². The van der Waals surface area contributed by atoms with Gasteiger partial charge in [0.15, 0.2) is 9.84 Å². The van der Waals surface area contributed by atoms with Crippen LogP contribution in [0.25, 0.3) is 0 Å². The van der Waals surface area contributed by atoms with Gasteiger partial charge in [-0.25, -0.2) is 8.42 Å². The van der Waals surface area contributed by atoms with Crippen LogP contribution >= 0.6 is 0 Å². The summed E-state index contributed by atoms with van der Waals surface area (Å²) in [7, 11) is -1.55. The summed E-state index contributed by atoms with van der Waals surface area (Å²) in [5, 5.41) is -0.865. The van der Waals surface area contributed by atoms with Gasteiger partial charge in [0.1, 0.15) is 5.25 Å². The number of piperidine rings is 1. The predicted molar refractivity (Wildman–Crippen MR) is 112 cm³/mol. The van der Waals surface area contributed by atoms with Gasteiger partial charge < -0.3 is 9.64 Å². The Balaban J connectivity index is 1.44. The molecule has 0 N–H and O–H groups in total. The highest BCUT2D eigenvalue weighted by Crippen LogP contribution is 2.65. The predicted octanol–water partition coefficient (Wildman–Crippen LogP) is 3.42. The molecule has 3 unspecified atom stereocenters. The molecule has 0 aromatic carbocycles. The first kappa shape index (κ1) is 20.3. The second-order valence-electron chi connectivity index (χ2n) is 11.4. The monoisotopic (exact) mass is 423 g/mol. The standard InChI is InChI=1S/C23H37NO4S/c1-22-12-11-17-15(16(22)8-10-20(22)28-14-5-6-14)7-9-19-23(17,2)13-18(29(4,26)27)21(25)24(19)3/h14-20H,5-13H2,1-4H3/t15-,16-,17+,18?,19?,20?,22-,23+/m0/s1. The van der Waals surface area contributed by atoms with E-state index in [2.05, 4.69) is 13.8 Å². The summed E-state index contributed by atoms with van der Waals surface area (Å²) in [6.07, 6.45) is 12.1. The van der Waals surface area contributed by atoms with Crippen molar-refractivity contribution < 1.29 is 17.9 Å². The van der Waals surface area contributed by atoms with Gasteiger partial charge in [0, 0.05) is 19.3 Å². The Bertz CT molecular complexity index is 808. The lowest BCUT2D eigenvalue weighted by Gasteiger charge is -2.62. The van der Waals surface area contributed by atoms with Crippen molar-refractivity contribution in [3.05, 3.63) is 0 Å². The van der Waals surface area contributed by atoms with Gasteiger partial charge in [0.25, 0.3) is 0 Å². The third-order valence-electron chi connectivity index (χ3n) is 9.85. The summed E-state index contributed by atoms with van der Waals surface area (Å²) in [6.45, 7) is 4.77. The number of rotatable bonds is 3. The lowest BCUT2D eigenvalue weighted by atomic mass is 9.47. The fourth-order valence-corrected chi connectivity index (χ4v) is 9.37. The maximum atomic E-state index is 12.8. The maximum absolute atomic E-state index is 12.8. The van der Waals surface area contributed by atoms with Crippen LogP contribution in [-0.2, 0) is 19.4 Å². The number of amides is 1. The summed E-state index contributed by atoms with van der Waals surface area (Å²) in [5.74, 6) is 1.65.